The third-order valence-electron chi connectivity index (χ3n) is 2.55. The van der Waals surface area contributed by atoms with Gasteiger partial charge in [-0.3, -0.25) is 0 Å². The maximum atomic E-state index is 11.8. The van der Waals surface area contributed by atoms with E-state index in [0.29, 0.717) is 12.2 Å². The smallest absolute Gasteiger partial charge is 0.338 e. The summed E-state index contributed by atoms with van der Waals surface area (Å²) in [6.45, 7) is 2.15. The Balaban J connectivity index is 1.81. The highest BCUT2D eigenvalue weighted by Gasteiger charge is 2.11. The van der Waals surface area contributed by atoms with Crippen molar-refractivity contribution in [2.24, 2.45) is 0 Å². The van der Waals surface area contributed by atoms with Crippen LogP contribution < -0.4 is 4.74 Å². The summed E-state index contributed by atoms with van der Waals surface area (Å²) < 4.78 is 10.8. The largest absolute Gasteiger partial charge is 0.490 e. The lowest BCUT2D eigenvalue weighted by molar-refractivity contribution is 0.0228. The quantitative estimate of drug-likeness (QED) is 0.770. The molecule has 1 unspecified atom stereocenters. The summed E-state index contributed by atoms with van der Waals surface area (Å²) in [6.07, 6.45) is -0.298. The van der Waals surface area contributed by atoms with Crippen molar-refractivity contribution in [2.75, 3.05) is 6.61 Å². The van der Waals surface area contributed by atoms with Crippen molar-refractivity contribution < 1.29 is 14.3 Å². The topological polar surface area (TPSA) is 35.5 Å². The summed E-state index contributed by atoms with van der Waals surface area (Å²) in [7, 11) is 0. The molecule has 3 nitrogen and oxygen atoms in total. The molecular formula is C16H16O3. The molecule has 98 valence electrons. The molecule has 0 N–H and O–H groups in total. The second-order valence-corrected chi connectivity index (χ2v) is 4.21. The van der Waals surface area contributed by atoms with Crippen LogP contribution in [0.15, 0.2) is 60.7 Å². The van der Waals surface area contributed by atoms with Crippen molar-refractivity contribution in [1.29, 1.82) is 0 Å². The van der Waals surface area contributed by atoms with Gasteiger partial charge in [0.05, 0.1) is 5.56 Å². The first kappa shape index (κ1) is 13.1. The summed E-state index contributed by atoms with van der Waals surface area (Å²) in [5.74, 6) is 0.440. The zero-order valence-corrected chi connectivity index (χ0v) is 10.8. The number of esters is 1. The van der Waals surface area contributed by atoms with E-state index < -0.39 is 0 Å². The molecule has 0 spiro atoms. The van der Waals surface area contributed by atoms with Gasteiger partial charge >= 0.3 is 5.97 Å². The van der Waals surface area contributed by atoms with Gasteiger partial charge < -0.3 is 9.47 Å². The minimum Gasteiger partial charge on any atom is -0.490 e. The molecule has 3 heteroatoms. The summed E-state index contributed by atoms with van der Waals surface area (Å²) in [5.41, 5.74) is 0.550. The molecule has 1 atom stereocenters. The Morgan fingerprint density at radius 3 is 2.21 bits per heavy atom. The molecule has 0 radical (unpaired) electrons. The second-order valence-electron chi connectivity index (χ2n) is 4.21. The van der Waals surface area contributed by atoms with E-state index in [-0.39, 0.29) is 12.1 Å². The van der Waals surface area contributed by atoms with Crippen molar-refractivity contribution in [3.8, 4) is 5.75 Å². The number of carbonyl (C=O) groups is 1. The molecule has 0 aromatic heterocycles. The van der Waals surface area contributed by atoms with Gasteiger partial charge in [0, 0.05) is 0 Å². The standard InChI is InChI=1S/C16H16O3/c1-13(12-18-15-10-6-3-7-11-15)19-16(17)14-8-4-2-5-9-14/h2-11,13H,12H2,1H3. The van der Waals surface area contributed by atoms with Crippen LogP contribution in [0, 0.1) is 0 Å². The van der Waals surface area contributed by atoms with Crippen molar-refractivity contribution in [1.82, 2.24) is 0 Å². The maximum absolute atomic E-state index is 11.8. The molecule has 2 aromatic carbocycles. The van der Waals surface area contributed by atoms with Gasteiger partial charge in [-0.15, -0.1) is 0 Å². The van der Waals surface area contributed by atoms with Crippen LogP contribution in [-0.4, -0.2) is 18.7 Å². The van der Waals surface area contributed by atoms with E-state index in [0.717, 1.165) is 5.75 Å². The van der Waals surface area contributed by atoms with Crippen molar-refractivity contribution in [3.05, 3.63) is 66.2 Å². The molecule has 0 amide bonds. The first-order valence-electron chi connectivity index (χ1n) is 6.19. The fourth-order valence-electron chi connectivity index (χ4n) is 1.59. The normalized spacial score (nSPS) is 11.6. The molecule has 2 aromatic rings. The van der Waals surface area contributed by atoms with Gasteiger partial charge in [0.1, 0.15) is 18.5 Å². The Morgan fingerprint density at radius 1 is 1.00 bits per heavy atom. The molecular weight excluding hydrogens is 240 g/mol. The van der Waals surface area contributed by atoms with Crippen LogP contribution >= 0.6 is 0 Å². The van der Waals surface area contributed by atoms with Crippen molar-refractivity contribution in [3.63, 3.8) is 0 Å². The van der Waals surface area contributed by atoms with E-state index >= 15 is 0 Å². The highest BCUT2D eigenvalue weighted by molar-refractivity contribution is 5.89. The number of para-hydroxylation sites is 1. The highest BCUT2D eigenvalue weighted by atomic mass is 16.6. The predicted octanol–water partition coefficient (Wildman–Crippen LogP) is 3.31. The van der Waals surface area contributed by atoms with Crippen LogP contribution in [0.3, 0.4) is 0 Å². The third-order valence-corrected chi connectivity index (χ3v) is 2.55. The minimum atomic E-state index is -0.329. The third kappa shape index (κ3) is 4.14. The molecule has 0 aliphatic carbocycles. The van der Waals surface area contributed by atoms with Crippen LogP contribution in [0.2, 0.25) is 0 Å². The molecule has 0 bridgehead atoms. The average molecular weight is 256 g/mol. The van der Waals surface area contributed by atoms with E-state index in [2.05, 4.69) is 0 Å². The van der Waals surface area contributed by atoms with Crippen LogP contribution in [0.1, 0.15) is 17.3 Å². The number of rotatable bonds is 5. The molecule has 0 saturated carbocycles. The van der Waals surface area contributed by atoms with E-state index in [4.69, 9.17) is 9.47 Å². The van der Waals surface area contributed by atoms with Crippen molar-refractivity contribution >= 4 is 5.97 Å². The molecule has 0 aliphatic heterocycles. The van der Waals surface area contributed by atoms with Gasteiger partial charge in [-0.25, -0.2) is 4.79 Å². The number of ether oxygens (including phenoxy) is 2. The van der Waals surface area contributed by atoms with Gasteiger partial charge in [0.25, 0.3) is 0 Å². The summed E-state index contributed by atoms with van der Waals surface area (Å²) in [5, 5.41) is 0. The maximum Gasteiger partial charge on any atom is 0.338 e. The fourth-order valence-corrected chi connectivity index (χ4v) is 1.59. The molecule has 2 rings (SSSR count). The van der Waals surface area contributed by atoms with Crippen LogP contribution in [0.25, 0.3) is 0 Å². The first-order chi connectivity index (χ1) is 9.25. The summed E-state index contributed by atoms with van der Waals surface area (Å²) >= 11 is 0. The Kier molecular flexibility index (Phi) is 4.56. The summed E-state index contributed by atoms with van der Waals surface area (Å²) in [6, 6.07) is 18.4. The van der Waals surface area contributed by atoms with Crippen LogP contribution in [0.5, 0.6) is 5.75 Å². The van der Waals surface area contributed by atoms with Gasteiger partial charge in [0.15, 0.2) is 0 Å². The lowest BCUT2D eigenvalue weighted by Crippen LogP contribution is -2.22. The Bertz CT molecular complexity index is 508. The molecule has 0 heterocycles. The second kappa shape index (κ2) is 6.59. The van der Waals surface area contributed by atoms with E-state index in [1.807, 2.05) is 55.5 Å². The Hall–Kier alpha value is -2.29. The van der Waals surface area contributed by atoms with E-state index in [1.165, 1.54) is 0 Å². The molecule has 0 fully saturated rings. The van der Waals surface area contributed by atoms with Gasteiger partial charge in [-0.1, -0.05) is 36.4 Å². The van der Waals surface area contributed by atoms with E-state index in [9.17, 15) is 4.79 Å². The fraction of sp³-hybridized carbons (Fsp3) is 0.188. The van der Waals surface area contributed by atoms with Gasteiger partial charge in [-0.2, -0.15) is 0 Å². The van der Waals surface area contributed by atoms with Crippen LogP contribution in [-0.2, 0) is 4.74 Å². The van der Waals surface area contributed by atoms with Gasteiger partial charge in [-0.05, 0) is 31.2 Å². The Labute approximate surface area is 112 Å². The zero-order valence-electron chi connectivity index (χ0n) is 10.8. The van der Waals surface area contributed by atoms with Crippen LogP contribution in [0.4, 0.5) is 0 Å². The first-order valence-corrected chi connectivity index (χ1v) is 6.19. The average Bonchev–Trinajstić information content (AvgIpc) is 2.47. The number of carbonyl (C=O) groups excluding carboxylic acids is 1. The number of hydrogen-bond donors (Lipinski definition) is 0. The molecule has 0 saturated heterocycles. The Morgan fingerprint density at radius 2 is 1.58 bits per heavy atom. The molecule has 19 heavy (non-hydrogen) atoms. The zero-order chi connectivity index (χ0) is 13.5. The molecule has 0 aliphatic rings. The number of hydrogen-bond acceptors (Lipinski definition) is 3. The lowest BCUT2D eigenvalue weighted by Gasteiger charge is -2.14. The van der Waals surface area contributed by atoms with Crippen molar-refractivity contribution in [2.45, 2.75) is 13.0 Å². The van der Waals surface area contributed by atoms with Gasteiger partial charge in [0.2, 0.25) is 0 Å². The SMILES string of the molecule is CC(COc1ccccc1)OC(=O)c1ccccc1. The lowest BCUT2D eigenvalue weighted by atomic mass is 10.2. The minimum absolute atomic E-state index is 0.298. The predicted molar refractivity (Wildman–Crippen MR) is 73.3 cm³/mol. The highest BCUT2D eigenvalue weighted by Crippen LogP contribution is 2.10. The number of benzene rings is 2. The monoisotopic (exact) mass is 256 g/mol. The van der Waals surface area contributed by atoms with E-state index in [1.54, 1.807) is 12.1 Å². The summed E-state index contributed by atoms with van der Waals surface area (Å²) in [4.78, 5) is 11.8.